The fourth-order valence-corrected chi connectivity index (χ4v) is 2.48. The molecule has 0 aromatic carbocycles. The summed E-state index contributed by atoms with van der Waals surface area (Å²) in [6.45, 7) is 10.3. The summed E-state index contributed by atoms with van der Waals surface area (Å²) in [5.74, 6) is 0. The van der Waals surface area contributed by atoms with Gasteiger partial charge in [-0.2, -0.15) is 0 Å². The highest BCUT2D eigenvalue weighted by Gasteiger charge is 2.34. The average Bonchev–Trinajstić information content (AvgIpc) is 2.36. The van der Waals surface area contributed by atoms with Crippen molar-refractivity contribution in [1.82, 2.24) is 10.2 Å². The van der Waals surface area contributed by atoms with Gasteiger partial charge in [0.25, 0.3) is 0 Å². The summed E-state index contributed by atoms with van der Waals surface area (Å²) in [4.78, 5) is 2.25. The molecule has 1 heterocycles. The normalized spacial score (nSPS) is 26.8. The van der Waals surface area contributed by atoms with Crippen LogP contribution in [0.25, 0.3) is 0 Å². The van der Waals surface area contributed by atoms with Crippen molar-refractivity contribution in [3.63, 3.8) is 0 Å². The Morgan fingerprint density at radius 3 is 2.61 bits per heavy atom. The van der Waals surface area contributed by atoms with Crippen LogP contribution in [0.15, 0.2) is 0 Å². The maximum absolute atomic E-state index is 9.25. The van der Waals surface area contributed by atoms with Crippen LogP contribution in [0.5, 0.6) is 0 Å². The van der Waals surface area contributed by atoms with E-state index in [1.807, 2.05) is 0 Å². The highest BCUT2D eigenvalue weighted by molar-refractivity contribution is 4.88. The summed E-state index contributed by atoms with van der Waals surface area (Å²) in [6.07, 6.45) is 2.34. The van der Waals surface area contributed by atoms with Gasteiger partial charge in [-0.3, -0.25) is 0 Å². The minimum Gasteiger partial charge on any atom is -0.395 e. The molecule has 1 saturated heterocycles. The zero-order valence-electron chi connectivity index (χ0n) is 12.4. The number of hydrogen-bond acceptors (Lipinski definition) is 4. The molecule has 0 bridgehead atoms. The van der Waals surface area contributed by atoms with Crippen molar-refractivity contribution < 1.29 is 9.84 Å². The van der Waals surface area contributed by atoms with Crippen LogP contribution in [0.2, 0.25) is 0 Å². The Hall–Kier alpha value is -0.160. The lowest BCUT2D eigenvalue weighted by Gasteiger charge is -2.41. The Balaban J connectivity index is 2.59. The van der Waals surface area contributed by atoms with E-state index >= 15 is 0 Å². The van der Waals surface area contributed by atoms with E-state index in [0.29, 0.717) is 6.04 Å². The molecule has 1 rings (SSSR count). The SMILES string of the molecule is CC(C)NCC1(CN(C)C(C)CO)CCCOC1. The topological polar surface area (TPSA) is 44.7 Å². The van der Waals surface area contributed by atoms with Crippen molar-refractivity contribution in [2.75, 3.05) is 40.0 Å². The molecular weight excluding hydrogens is 228 g/mol. The fourth-order valence-electron chi connectivity index (χ4n) is 2.48. The second kappa shape index (κ2) is 7.43. The molecule has 0 aromatic rings. The van der Waals surface area contributed by atoms with Crippen LogP contribution in [0.4, 0.5) is 0 Å². The van der Waals surface area contributed by atoms with Gasteiger partial charge < -0.3 is 20.1 Å². The van der Waals surface area contributed by atoms with E-state index in [1.54, 1.807) is 0 Å². The second-order valence-electron chi connectivity index (χ2n) is 6.14. The summed E-state index contributed by atoms with van der Waals surface area (Å²) < 4.78 is 5.70. The summed E-state index contributed by atoms with van der Waals surface area (Å²) in [5.41, 5.74) is 0.195. The first-order chi connectivity index (χ1) is 8.49. The van der Waals surface area contributed by atoms with Gasteiger partial charge in [-0.25, -0.2) is 0 Å². The monoisotopic (exact) mass is 258 g/mol. The number of likely N-dealkylation sites (N-methyl/N-ethyl adjacent to an activating group) is 1. The summed E-state index contributed by atoms with van der Waals surface area (Å²) in [6, 6.07) is 0.715. The molecule has 18 heavy (non-hydrogen) atoms. The maximum Gasteiger partial charge on any atom is 0.0584 e. The number of hydrogen-bond donors (Lipinski definition) is 2. The minimum atomic E-state index is 0.195. The average molecular weight is 258 g/mol. The number of nitrogens with zero attached hydrogens (tertiary/aromatic N) is 1. The quantitative estimate of drug-likeness (QED) is 0.717. The third-order valence-electron chi connectivity index (χ3n) is 3.89. The molecule has 2 atom stereocenters. The zero-order chi connectivity index (χ0) is 13.6. The van der Waals surface area contributed by atoms with Crippen LogP contribution in [-0.2, 0) is 4.74 Å². The summed E-state index contributed by atoms with van der Waals surface area (Å²) in [5, 5.41) is 12.8. The minimum absolute atomic E-state index is 0.195. The van der Waals surface area contributed by atoms with Crippen LogP contribution in [-0.4, -0.2) is 62.0 Å². The first-order valence-corrected chi connectivity index (χ1v) is 7.11. The lowest BCUT2D eigenvalue weighted by Crippen LogP contribution is -2.51. The highest BCUT2D eigenvalue weighted by Crippen LogP contribution is 2.29. The molecule has 0 aliphatic carbocycles. The number of nitrogens with one attached hydrogen (secondary N) is 1. The number of ether oxygens (including phenoxy) is 1. The van der Waals surface area contributed by atoms with Crippen LogP contribution >= 0.6 is 0 Å². The third-order valence-corrected chi connectivity index (χ3v) is 3.89. The second-order valence-corrected chi connectivity index (χ2v) is 6.14. The van der Waals surface area contributed by atoms with Gasteiger partial charge in [0.1, 0.15) is 0 Å². The van der Waals surface area contributed by atoms with E-state index < -0.39 is 0 Å². The lowest BCUT2D eigenvalue weighted by molar-refractivity contribution is -0.0311. The molecule has 1 aliphatic rings. The number of rotatable bonds is 7. The predicted molar refractivity (Wildman–Crippen MR) is 74.8 cm³/mol. The Morgan fingerprint density at radius 2 is 2.11 bits per heavy atom. The highest BCUT2D eigenvalue weighted by atomic mass is 16.5. The third kappa shape index (κ3) is 4.84. The molecule has 4 nitrogen and oxygen atoms in total. The molecule has 0 radical (unpaired) electrons. The van der Waals surface area contributed by atoms with Crippen LogP contribution in [0, 0.1) is 5.41 Å². The van der Waals surface area contributed by atoms with E-state index in [2.05, 4.69) is 38.0 Å². The number of aliphatic hydroxyl groups is 1. The van der Waals surface area contributed by atoms with E-state index in [4.69, 9.17) is 4.74 Å². The molecule has 0 aromatic heterocycles. The van der Waals surface area contributed by atoms with Crippen molar-refractivity contribution in [2.24, 2.45) is 5.41 Å². The molecule has 0 saturated carbocycles. The van der Waals surface area contributed by atoms with Crippen LogP contribution in [0.1, 0.15) is 33.6 Å². The smallest absolute Gasteiger partial charge is 0.0584 e. The maximum atomic E-state index is 9.25. The fraction of sp³-hybridized carbons (Fsp3) is 1.00. The molecule has 2 N–H and O–H groups in total. The largest absolute Gasteiger partial charge is 0.395 e. The van der Waals surface area contributed by atoms with E-state index in [0.717, 1.165) is 32.7 Å². The first-order valence-electron chi connectivity index (χ1n) is 7.11. The first kappa shape index (κ1) is 15.9. The van der Waals surface area contributed by atoms with Gasteiger partial charge >= 0.3 is 0 Å². The Kier molecular flexibility index (Phi) is 6.57. The van der Waals surface area contributed by atoms with Gasteiger partial charge in [0.15, 0.2) is 0 Å². The van der Waals surface area contributed by atoms with Crippen molar-refractivity contribution in [3.05, 3.63) is 0 Å². The van der Waals surface area contributed by atoms with E-state index in [-0.39, 0.29) is 18.1 Å². The molecular formula is C14H30N2O2. The van der Waals surface area contributed by atoms with Gasteiger partial charge in [-0.1, -0.05) is 13.8 Å². The Morgan fingerprint density at radius 1 is 1.39 bits per heavy atom. The van der Waals surface area contributed by atoms with Gasteiger partial charge in [0.05, 0.1) is 13.2 Å². The van der Waals surface area contributed by atoms with E-state index in [1.165, 1.54) is 6.42 Å². The molecule has 2 unspecified atom stereocenters. The van der Waals surface area contributed by atoms with Crippen LogP contribution < -0.4 is 5.32 Å². The van der Waals surface area contributed by atoms with Crippen molar-refractivity contribution >= 4 is 0 Å². The standard InChI is InChI=1S/C14H30N2O2/c1-12(2)15-9-14(6-5-7-18-11-14)10-16(4)13(3)8-17/h12-13,15,17H,5-11H2,1-4H3. The zero-order valence-corrected chi connectivity index (χ0v) is 12.4. The Bertz CT molecular complexity index is 228. The van der Waals surface area contributed by atoms with E-state index in [9.17, 15) is 5.11 Å². The van der Waals surface area contributed by atoms with Crippen molar-refractivity contribution in [3.8, 4) is 0 Å². The molecule has 1 fully saturated rings. The van der Waals surface area contributed by atoms with Gasteiger partial charge in [0.2, 0.25) is 0 Å². The molecule has 108 valence electrons. The van der Waals surface area contributed by atoms with Crippen molar-refractivity contribution in [2.45, 2.75) is 45.7 Å². The van der Waals surface area contributed by atoms with Crippen LogP contribution in [0.3, 0.4) is 0 Å². The summed E-state index contributed by atoms with van der Waals surface area (Å²) in [7, 11) is 2.09. The Labute approximate surface area is 112 Å². The van der Waals surface area contributed by atoms with Gasteiger partial charge in [-0.15, -0.1) is 0 Å². The molecule has 0 spiro atoms. The molecule has 4 heteroatoms. The number of aliphatic hydroxyl groups excluding tert-OH is 1. The lowest BCUT2D eigenvalue weighted by atomic mass is 9.81. The molecule has 1 aliphatic heterocycles. The predicted octanol–water partition coefficient (Wildman–Crippen LogP) is 1.09. The summed E-state index contributed by atoms with van der Waals surface area (Å²) >= 11 is 0. The van der Waals surface area contributed by atoms with Crippen molar-refractivity contribution in [1.29, 1.82) is 0 Å². The van der Waals surface area contributed by atoms with Gasteiger partial charge in [0, 0.05) is 37.2 Å². The molecule has 0 amide bonds. The van der Waals surface area contributed by atoms with Gasteiger partial charge in [-0.05, 0) is 26.8 Å².